The van der Waals surface area contributed by atoms with Crippen LogP contribution in [0.3, 0.4) is 0 Å². The van der Waals surface area contributed by atoms with E-state index in [1.54, 1.807) is 4.72 Å². The van der Waals surface area contributed by atoms with Crippen LogP contribution in [-0.4, -0.2) is 29.9 Å². The van der Waals surface area contributed by atoms with E-state index < -0.39 is 32.7 Å². The number of rotatable bonds is 4. The van der Waals surface area contributed by atoms with Crippen molar-refractivity contribution in [3.63, 3.8) is 0 Å². The van der Waals surface area contributed by atoms with Gasteiger partial charge < -0.3 is 0 Å². The molecule has 1 N–H and O–H groups in total. The topological polar surface area (TPSA) is 64.0 Å². The molecule has 1 heterocycles. The maximum atomic E-state index is 13.1. The molecule has 0 amide bonds. The van der Waals surface area contributed by atoms with Crippen molar-refractivity contribution < 1.29 is 21.6 Å². The smallest absolute Gasteiger partial charge is 0.274 e. The predicted octanol–water partition coefficient (Wildman–Crippen LogP) is 1.43. The predicted molar refractivity (Wildman–Crippen MR) is 60.7 cm³/mol. The van der Waals surface area contributed by atoms with E-state index in [1.807, 2.05) is 0 Å². The van der Waals surface area contributed by atoms with Crippen LogP contribution in [0.15, 0.2) is 17.3 Å². The molecule has 108 valence electrons. The van der Waals surface area contributed by atoms with Crippen molar-refractivity contribution in [2.24, 2.45) is 13.0 Å². The molecule has 0 radical (unpaired) electrons. The van der Waals surface area contributed by atoms with Crippen LogP contribution in [0.25, 0.3) is 0 Å². The largest absolute Gasteiger partial charge is 0.407 e. The normalized spacial score (nSPS) is 20.3. The van der Waals surface area contributed by atoms with Crippen LogP contribution in [-0.2, 0) is 17.1 Å². The molecule has 0 spiro atoms. The summed E-state index contributed by atoms with van der Waals surface area (Å²) in [6, 6.07) is 1.16. The zero-order chi connectivity index (χ0) is 14.5. The molecular formula is C10H14F3N3O2S. The second-order valence-electron chi connectivity index (χ2n) is 4.91. The summed E-state index contributed by atoms with van der Waals surface area (Å²) in [6.07, 6.45) is -2.56. The van der Waals surface area contributed by atoms with Crippen molar-refractivity contribution in [2.45, 2.75) is 36.5 Å². The highest BCUT2D eigenvalue weighted by molar-refractivity contribution is 7.89. The molecule has 5 nitrogen and oxygen atoms in total. The highest BCUT2D eigenvalue weighted by Gasteiger charge is 2.61. The molecular weight excluding hydrogens is 283 g/mol. The Morgan fingerprint density at radius 2 is 2.00 bits per heavy atom. The van der Waals surface area contributed by atoms with E-state index in [9.17, 15) is 21.6 Å². The van der Waals surface area contributed by atoms with Gasteiger partial charge in [-0.25, -0.2) is 8.42 Å². The molecule has 1 saturated carbocycles. The van der Waals surface area contributed by atoms with Gasteiger partial charge in [0.15, 0.2) is 5.03 Å². The van der Waals surface area contributed by atoms with Gasteiger partial charge in [-0.1, -0.05) is 0 Å². The van der Waals surface area contributed by atoms with E-state index in [0.717, 1.165) is 13.0 Å². The Labute approximate surface area is 108 Å². The number of aryl methyl sites for hydroxylation is 1. The Balaban J connectivity index is 2.32. The van der Waals surface area contributed by atoms with Gasteiger partial charge in [0.25, 0.3) is 10.0 Å². The molecule has 1 atom stereocenters. The fourth-order valence-electron chi connectivity index (χ4n) is 1.90. The summed E-state index contributed by atoms with van der Waals surface area (Å²) >= 11 is 0. The standard InChI is InChI=1S/C10H14F3N3O2S/c1-9(7-3-4-7,10(11,12)13)15-19(17,18)8-5-6-16(2)14-8/h5-7,15H,3-4H2,1-2H3. The number of hydrogen-bond acceptors (Lipinski definition) is 3. The van der Waals surface area contributed by atoms with Crippen molar-refractivity contribution in [3.05, 3.63) is 12.3 Å². The molecule has 0 aliphatic heterocycles. The fraction of sp³-hybridized carbons (Fsp3) is 0.700. The van der Waals surface area contributed by atoms with Gasteiger partial charge in [-0.2, -0.15) is 23.0 Å². The van der Waals surface area contributed by atoms with Gasteiger partial charge >= 0.3 is 6.18 Å². The number of halogens is 3. The van der Waals surface area contributed by atoms with Gasteiger partial charge in [-0.05, 0) is 31.7 Å². The minimum Gasteiger partial charge on any atom is -0.274 e. The summed E-state index contributed by atoms with van der Waals surface area (Å²) < 4.78 is 66.2. The average Bonchev–Trinajstić information content (AvgIpc) is 2.99. The number of sulfonamides is 1. The van der Waals surface area contributed by atoms with Crippen LogP contribution >= 0.6 is 0 Å². The lowest BCUT2D eigenvalue weighted by atomic mass is 9.97. The first-order valence-electron chi connectivity index (χ1n) is 5.66. The molecule has 19 heavy (non-hydrogen) atoms. The second-order valence-corrected chi connectivity index (χ2v) is 6.54. The summed E-state index contributed by atoms with van der Waals surface area (Å²) in [6.45, 7) is 0.880. The molecule has 1 aliphatic carbocycles. The zero-order valence-corrected chi connectivity index (χ0v) is 11.2. The lowest BCUT2D eigenvalue weighted by molar-refractivity contribution is -0.191. The Morgan fingerprint density at radius 1 is 1.42 bits per heavy atom. The van der Waals surface area contributed by atoms with Crippen LogP contribution in [0.4, 0.5) is 13.2 Å². The maximum absolute atomic E-state index is 13.1. The molecule has 1 aliphatic rings. The summed E-state index contributed by atoms with van der Waals surface area (Å²) in [7, 11) is -2.80. The third-order valence-corrected chi connectivity index (χ3v) is 4.75. The lowest BCUT2D eigenvalue weighted by Gasteiger charge is -2.32. The number of nitrogens with zero attached hydrogens (tertiary/aromatic N) is 2. The van der Waals surface area contributed by atoms with E-state index in [4.69, 9.17) is 0 Å². The van der Waals surface area contributed by atoms with Gasteiger partial charge in [0, 0.05) is 13.2 Å². The molecule has 1 aromatic heterocycles. The Bertz CT molecular complexity index is 577. The van der Waals surface area contributed by atoms with E-state index in [-0.39, 0.29) is 0 Å². The number of nitrogens with one attached hydrogen (secondary N) is 1. The van der Waals surface area contributed by atoms with Crippen molar-refractivity contribution in [1.29, 1.82) is 0 Å². The van der Waals surface area contributed by atoms with Crippen molar-refractivity contribution in [2.75, 3.05) is 0 Å². The van der Waals surface area contributed by atoms with Crippen LogP contribution in [0, 0.1) is 5.92 Å². The zero-order valence-electron chi connectivity index (χ0n) is 10.4. The van der Waals surface area contributed by atoms with Crippen LogP contribution in [0.1, 0.15) is 19.8 Å². The quantitative estimate of drug-likeness (QED) is 0.914. The van der Waals surface area contributed by atoms with Crippen LogP contribution < -0.4 is 4.72 Å². The lowest BCUT2D eigenvalue weighted by Crippen LogP contribution is -2.58. The highest BCUT2D eigenvalue weighted by atomic mass is 32.2. The first kappa shape index (κ1) is 14.3. The minimum absolute atomic E-state index is 0.362. The van der Waals surface area contributed by atoms with E-state index in [0.29, 0.717) is 12.8 Å². The third kappa shape index (κ3) is 2.62. The van der Waals surface area contributed by atoms with Gasteiger partial charge in [0.05, 0.1) is 0 Å². The molecule has 1 fully saturated rings. The summed E-state index contributed by atoms with van der Waals surface area (Å²) in [5, 5.41) is 3.22. The summed E-state index contributed by atoms with van der Waals surface area (Å²) in [5.74, 6) is -0.717. The number of alkyl halides is 3. The fourth-order valence-corrected chi connectivity index (χ4v) is 3.32. The molecule has 0 bridgehead atoms. The van der Waals surface area contributed by atoms with E-state index in [1.165, 1.54) is 17.9 Å². The molecule has 9 heteroatoms. The van der Waals surface area contributed by atoms with Gasteiger partial charge in [0.1, 0.15) is 5.54 Å². The maximum Gasteiger partial charge on any atom is 0.407 e. The first-order chi connectivity index (χ1) is 8.56. The highest BCUT2D eigenvalue weighted by Crippen LogP contribution is 2.48. The Morgan fingerprint density at radius 3 is 2.37 bits per heavy atom. The SMILES string of the molecule is Cn1ccc(S(=O)(=O)NC(C)(C2CC2)C(F)(F)F)n1. The van der Waals surface area contributed by atoms with Crippen LogP contribution in [0.5, 0.6) is 0 Å². The summed E-state index contributed by atoms with van der Waals surface area (Å²) in [4.78, 5) is 0. The molecule has 2 rings (SSSR count). The number of aromatic nitrogens is 2. The average molecular weight is 297 g/mol. The third-order valence-electron chi connectivity index (χ3n) is 3.29. The summed E-state index contributed by atoms with van der Waals surface area (Å²) in [5.41, 5.74) is -2.44. The number of hydrogen-bond donors (Lipinski definition) is 1. The van der Waals surface area contributed by atoms with E-state index in [2.05, 4.69) is 5.10 Å². The monoisotopic (exact) mass is 297 g/mol. The first-order valence-corrected chi connectivity index (χ1v) is 7.15. The molecule has 1 aromatic rings. The minimum atomic E-state index is -4.64. The van der Waals surface area contributed by atoms with Crippen LogP contribution in [0.2, 0.25) is 0 Å². The van der Waals surface area contributed by atoms with Crippen molar-refractivity contribution in [3.8, 4) is 0 Å². The Kier molecular flexibility index (Phi) is 3.17. The van der Waals surface area contributed by atoms with E-state index >= 15 is 0 Å². The molecule has 0 aromatic carbocycles. The molecule has 1 unspecified atom stereocenters. The van der Waals surface area contributed by atoms with Crippen molar-refractivity contribution >= 4 is 10.0 Å². The van der Waals surface area contributed by atoms with Gasteiger partial charge in [-0.3, -0.25) is 4.68 Å². The van der Waals surface area contributed by atoms with Gasteiger partial charge in [-0.15, -0.1) is 0 Å². The second kappa shape index (κ2) is 4.20. The Hall–Kier alpha value is -1.09. The van der Waals surface area contributed by atoms with Crippen molar-refractivity contribution in [1.82, 2.24) is 14.5 Å². The molecule has 0 saturated heterocycles. The van der Waals surface area contributed by atoms with Gasteiger partial charge in [0.2, 0.25) is 0 Å².